The number of nitro groups is 1. The minimum absolute atomic E-state index is 0.0956. The summed E-state index contributed by atoms with van der Waals surface area (Å²) in [5.74, 6) is 0.0535. The number of anilines is 4. The number of hydrogen-bond donors (Lipinski definition) is 1. The lowest BCUT2D eigenvalue weighted by Gasteiger charge is -2.36. The average molecular weight is 466 g/mol. The second kappa shape index (κ2) is 8.58. The molecule has 1 aliphatic rings. The molecule has 1 aliphatic heterocycles. The topological polar surface area (TPSA) is 100 Å². The first-order chi connectivity index (χ1) is 16.0. The van der Waals surface area contributed by atoms with Gasteiger partial charge in [-0.2, -0.15) is 0 Å². The lowest BCUT2D eigenvalue weighted by atomic mass is 10.2. The summed E-state index contributed by atoms with van der Waals surface area (Å²) in [5.41, 5.74) is 2.21. The predicted molar refractivity (Wildman–Crippen MR) is 127 cm³/mol. The summed E-state index contributed by atoms with van der Waals surface area (Å²) in [6.45, 7) is 3.93. The molecule has 0 radical (unpaired) electrons. The van der Waals surface area contributed by atoms with Gasteiger partial charge in [0.05, 0.1) is 20.8 Å². The number of rotatable bonds is 5. The van der Waals surface area contributed by atoms with E-state index in [4.69, 9.17) is 0 Å². The Labute approximate surface area is 192 Å². The van der Waals surface area contributed by atoms with E-state index in [9.17, 15) is 14.5 Å². The van der Waals surface area contributed by atoms with Crippen LogP contribution in [0.4, 0.5) is 32.5 Å². The third kappa shape index (κ3) is 4.02. The third-order valence-corrected chi connectivity index (χ3v) is 6.54. The van der Waals surface area contributed by atoms with Crippen LogP contribution in [0.1, 0.15) is 5.56 Å². The van der Waals surface area contributed by atoms with Crippen LogP contribution in [0.5, 0.6) is 0 Å². The van der Waals surface area contributed by atoms with E-state index in [1.165, 1.54) is 23.7 Å². The number of fused-ring (bicyclic) bond motifs is 1. The van der Waals surface area contributed by atoms with Crippen LogP contribution in [0.2, 0.25) is 0 Å². The van der Waals surface area contributed by atoms with Gasteiger partial charge in [-0.05, 0) is 30.7 Å². The van der Waals surface area contributed by atoms with Gasteiger partial charge < -0.3 is 15.1 Å². The zero-order chi connectivity index (χ0) is 22.9. The van der Waals surface area contributed by atoms with E-state index >= 15 is 0 Å². The number of aryl methyl sites for hydroxylation is 1. The lowest BCUT2D eigenvalue weighted by molar-refractivity contribution is -0.383. The number of para-hydroxylation sites is 2. The van der Waals surface area contributed by atoms with E-state index in [-0.39, 0.29) is 23.1 Å². The van der Waals surface area contributed by atoms with Gasteiger partial charge in [-0.15, -0.1) is 0 Å². The summed E-state index contributed by atoms with van der Waals surface area (Å²) < 4.78 is 15.1. The standard InChI is InChI=1S/C22H20FN7O2S/c1-14-5-4-8-17-18(14)26-22(33-17)27-20-19(30(31)32)21(25-13-24-20)29-11-9-28(10-12-29)16-7-3-2-6-15(16)23/h2-8,13H,9-12H2,1H3,(H,24,25,26,27). The molecular weight excluding hydrogens is 445 g/mol. The first-order valence-electron chi connectivity index (χ1n) is 10.4. The largest absolute Gasteiger partial charge is 0.366 e. The van der Waals surface area contributed by atoms with Crippen molar-refractivity contribution >= 4 is 49.7 Å². The van der Waals surface area contributed by atoms with Crippen molar-refractivity contribution in [3.05, 3.63) is 70.3 Å². The Morgan fingerprint density at radius 1 is 1.06 bits per heavy atom. The molecule has 0 aliphatic carbocycles. The van der Waals surface area contributed by atoms with Crippen LogP contribution in [-0.4, -0.2) is 46.1 Å². The van der Waals surface area contributed by atoms with Gasteiger partial charge in [0.25, 0.3) is 0 Å². The highest BCUT2D eigenvalue weighted by Crippen LogP contribution is 2.36. The number of piperazine rings is 1. The zero-order valence-electron chi connectivity index (χ0n) is 17.7. The van der Waals surface area contributed by atoms with Gasteiger partial charge in [0.1, 0.15) is 12.1 Å². The molecule has 1 N–H and O–H groups in total. The van der Waals surface area contributed by atoms with Gasteiger partial charge in [-0.25, -0.2) is 19.3 Å². The monoisotopic (exact) mass is 465 g/mol. The van der Waals surface area contributed by atoms with E-state index in [0.29, 0.717) is 37.0 Å². The Hall–Kier alpha value is -3.86. The molecule has 0 atom stereocenters. The second-order valence-corrected chi connectivity index (χ2v) is 8.67. The predicted octanol–water partition coefficient (Wildman–Crippen LogP) is 4.51. The summed E-state index contributed by atoms with van der Waals surface area (Å²) in [4.78, 5) is 28.2. The molecule has 5 rings (SSSR count). The molecule has 0 amide bonds. The lowest BCUT2D eigenvalue weighted by Crippen LogP contribution is -2.47. The SMILES string of the molecule is Cc1cccc2sc(Nc3ncnc(N4CCN(c5ccccc5F)CC4)c3[N+](=O)[O-])nc12. The maximum Gasteiger partial charge on any atom is 0.353 e. The van der Waals surface area contributed by atoms with Crippen LogP contribution in [0.25, 0.3) is 10.2 Å². The molecule has 33 heavy (non-hydrogen) atoms. The average Bonchev–Trinajstić information content (AvgIpc) is 3.23. The third-order valence-electron chi connectivity index (χ3n) is 5.60. The van der Waals surface area contributed by atoms with Crippen molar-refractivity contribution < 1.29 is 9.31 Å². The summed E-state index contributed by atoms with van der Waals surface area (Å²) in [6, 6.07) is 12.5. The maximum absolute atomic E-state index is 14.1. The van der Waals surface area contributed by atoms with Crippen LogP contribution in [0.3, 0.4) is 0 Å². The quantitative estimate of drug-likeness (QED) is 0.339. The van der Waals surface area contributed by atoms with Gasteiger partial charge in [0.2, 0.25) is 11.6 Å². The summed E-state index contributed by atoms with van der Waals surface area (Å²) in [6.07, 6.45) is 1.31. The first-order valence-corrected chi connectivity index (χ1v) is 11.2. The van der Waals surface area contributed by atoms with E-state index < -0.39 is 4.92 Å². The van der Waals surface area contributed by atoms with Gasteiger partial charge >= 0.3 is 5.69 Å². The normalized spacial score (nSPS) is 14.0. The molecule has 11 heteroatoms. The summed E-state index contributed by atoms with van der Waals surface area (Å²) in [7, 11) is 0. The van der Waals surface area contributed by atoms with Crippen molar-refractivity contribution in [1.82, 2.24) is 15.0 Å². The second-order valence-electron chi connectivity index (χ2n) is 7.64. The highest BCUT2D eigenvalue weighted by atomic mass is 32.1. The molecule has 2 aromatic carbocycles. The molecule has 168 valence electrons. The Bertz CT molecular complexity index is 1340. The number of aromatic nitrogens is 3. The van der Waals surface area contributed by atoms with Crippen molar-refractivity contribution in [3.63, 3.8) is 0 Å². The Morgan fingerprint density at radius 2 is 1.82 bits per heavy atom. The number of benzene rings is 2. The van der Waals surface area contributed by atoms with Gasteiger partial charge in [-0.3, -0.25) is 10.1 Å². The number of thiazole rings is 1. The fourth-order valence-corrected chi connectivity index (χ4v) is 4.91. The minimum atomic E-state index is -0.473. The Balaban J connectivity index is 1.41. The van der Waals surface area contributed by atoms with Crippen molar-refractivity contribution in [2.75, 3.05) is 41.3 Å². The van der Waals surface area contributed by atoms with Crippen LogP contribution in [-0.2, 0) is 0 Å². The van der Waals surface area contributed by atoms with Gasteiger partial charge in [0, 0.05) is 26.2 Å². The van der Waals surface area contributed by atoms with E-state index in [2.05, 4.69) is 20.3 Å². The Kier molecular flexibility index (Phi) is 5.47. The highest BCUT2D eigenvalue weighted by Gasteiger charge is 2.30. The van der Waals surface area contributed by atoms with Crippen molar-refractivity contribution in [2.45, 2.75) is 6.92 Å². The molecule has 3 heterocycles. The number of halogens is 1. The molecule has 1 fully saturated rings. The van der Waals surface area contributed by atoms with Crippen molar-refractivity contribution in [2.24, 2.45) is 0 Å². The zero-order valence-corrected chi connectivity index (χ0v) is 18.5. The van der Waals surface area contributed by atoms with Crippen LogP contribution < -0.4 is 15.1 Å². The van der Waals surface area contributed by atoms with Crippen LogP contribution in [0, 0.1) is 22.9 Å². The molecule has 0 spiro atoms. The molecule has 0 unspecified atom stereocenters. The van der Waals surface area contributed by atoms with Crippen LogP contribution >= 0.6 is 11.3 Å². The minimum Gasteiger partial charge on any atom is -0.366 e. The molecule has 0 bridgehead atoms. The molecule has 4 aromatic rings. The number of nitrogens with one attached hydrogen (secondary N) is 1. The van der Waals surface area contributed by atoms with Gasteiger partial charge in [0.15, 0.2) is 5.13 Å². The van der Waals surface area contributed by atoms with E-state index in [1.54, 1.807) is 18.2 Å². The van der Waals surface area contributed by atoms with Crippen molar-refractivity contribution in [1.29, 1.82) is 0 Å². The molecule has 0 saturated carbocycles. The Morgan fingerprint density at radius 3 is 2.55 bits per heavy atom. The summed E-state index contributed by atoms with van der Waals surface area (Å²) in [5, 5.41) is 15.6. The number of nitrogens with zero attached hydrogens (tertiary/aromatic N) is 6. The molecule has 9 nitrogen and oxygen atoms in total. The maximum atomic E-state index is 14.1. The fourth-order valence-electron chi connectivity index (χ4n) is 3.97. The van der Waals surface area contributed by atoms with Crippen molar-refractivity contribution in [3.8, 4) is 0 Å². The van der Waals surface area contributed by atoms with Crippen LogP contribution in [0.15, 0.2) is 48.8 Å². The highest BCUT2D eigenvalue weighted by molar-refractivity contribution is 7.22. The number of hydrogen-bond acceptors (Lipinski definition) is 9. The molecular formula is C22H20FN7O2S. The fraction of sp³-hybridized carbons (Fsp3) is 0.227. The van der Waals surface area contributed by atoms with Gasteiger partial charge in [-0.1, -0.05) is 35.6 Å². The smallest absolute Gasteiger partial charge is 0.353 e. The summed E-state index contributed by atoms with van der Waals surface area (Å²) >= 11 is 1.41. The molecule has 2 aromatic heterocycles. The molecule has 1 saturated heterocycles. The van der Waals surface area contributed by atoms with E-state index in [1.807, 2.05) is 34.9 Å². The van der Waals surface area contributed by atoms with E-state index in [0.717, 1.165) is 15.8 Å². The first kappa shape index (κ1) is 21.0.